The molecule has 0 saturated heterocycles. The van der Waals surface area contributed by atoms with Gasteiger partial charge in [0, 0.05) is 17.3 Å². The number of fused-ring (bicyclic) bond motifs is 1. The van der Waals surface area contributed by atoms with Gasteiger partial charge in [0.2, 0.25) is 0 Å². The Morgan fingerprint density at radius 2 is 2.00 bits per heavy atom. The molecule has 2 aromatic heterocycles. The summed E-state index contributed by atoms with van der Waals surface area (Å²) < 4.78 is 1.96. The zero-order valence-corrected chi connectivity index (χ0v) is 12.4. The number of pyridine rings is 1. The number of phenolic OH excluding ortho intramolecular Hbond substituents is 1. The van der Waals surface area contributed by atoms with Crippen molar-refractivity contribution in [2.75, 3.05) is 0 Å². The van der Waals surface area contributed by atoms with Crippen molar-refractivity contribution in [1.82, 2.24) is 9.55 Å². The van der Waals surface area contributed by atoms with E-state index in [1.807, 2.05) is 48.8 Å². The van der Waals surface area contributed by atoms with Gasteiger partial charge in [-0.1, -0.05) is 6.08 Å². The highest BCUT2D eigenvalue weighted by molar-refractivity contribution is 5.91. The molecule has 0 aliphatic heterocycles. The molecule has 0 aliphatic rings. The van der Waals surface area contributed by atoms with Crippen molar-refractivity contribution in [1.29, 1.82) is 5.26 Å². The molecule has 0 bridgehead atoms. The van der Waals surface area contributed by atoms with Gasteiger partial charge in [-0.05, 0) is 55.8 Å². The predicted molar refractivity (Wildman–Crippen MR) is 86.8 cm³/mol. The fraction of sp³-hybridized carbons (Fsp3) is 0.111. The van der Waals surface area contributed by atoms with Gasteiger partial charge in [0.1, 0.15) is 17.5 Å². The maximum Gasteiger partial charge on any atom is 0.146 e. The fourth-order valence-electron chi connectivity index (χ4n) is 2.59. The van der Waals surface area contributed by atoms with Crippen molar-refractivity contribution in [2.45, 2.75) is 13.8 Å². The third-order valence-corrected chi connectivity index (χ3v) is 3.75. The Balaban J connectivity index is 2.47. The second-order valence-electron chi connectivity index (χ2n) is 5.03. The first-order chi connectivity index (χ1) is 10.7. The average Bonchev–Trinajstić information content (AvgIpc) is 2.89. The lowest BCUT2D eigenvalue weighted by Crippen LogP contribution is -2.00. The lowest BCUT2D eigenvalue weighted by atomic mass is 10.1. The van der Waals surface area contributed by atoms with Crippen molar-refractivity contribution < 1.29 is 5.11 Å². The molecule has 0 spiro atoms. The highest BCUT2D eigenvalue weighted by atomic mass is 16.3. The Bertz CT molecular complexity index is 912. The van der Waals surface area contributed by atoms with Crippen molar-refractivity contribution in [3.05, 3.63) is 59.9 Å². The van der Waals surface area contributed by atoms with Crippen LogP contribution in [0.1, 0.15) is 25.1 Å². The Morgan fingerprint density at radius 1 is 1.27 bits per heavy atom. The third kappa shape index (κ3) is 2.04. The van der Waals surface area contributed by atoms with Gasteiger partial charge in [0.15, 0.2) is 0 Å². The highest BCUT2D eigenvalue weighted by Crippen LogP contribution is 2.32. The van der Waals surface area contributed by atoms with Gasteiger partial charge in [-0.3, -0.25) is 4.57 Å². The molecule has 0 unspecified atom stereocenters. The van der Waals surface area contributed by atoms with Crippen LogP contribution >= 0.6 is 0 Å². The number of benzene rings is 1. The first kappa shape index (κ1) is 13.9. The Hall–Kier alpha value is -3.06. The molecule has 22 heavy (non-hydrogen) atoms. The number of allylic oxidation sites excluding steroid dienone is 2. The van der Waals surface area contributed by atoms with Crippen LogP contribution in [-0.4, -0.2) is 14.7 Å². The minimum absolute atomic E-state index is 0.206. The van der Waals surface area contributed by atoms with Crippen molar-refractivity contribution in [3.8, 4) is 17.5 Å². The van der Waals surface area contributed by atoms with Crippen LogP contribution in [0.15, 0.2) is 48.7 Å². The summed E-state index contributed by atoms with van der Waals surface area (Å²) in [5.74, 6) is 0.206. The van der Waals surface area contributed by atoms with Crippen LogP contribution in [0, 0.1) is 11.3 Å². The molecule has 0 atom stereocenters. The molecule has 0 amide bonds. The van der Waals surface area contributed by atoms with E-state index in [0.717, 1.165) is 28.0 Å². The molecule has 0 aliphatic carbocycles. The summed E-state index contributed by atoms with van der Waals surface area (Å²) in [6.45, 7) is 3.93. The lowest BCUT2D eigenvalue weighted by Gasteiger charge is -2.11. The van der Waals surface area contributed by atoms with E-state index in [2.05, 4.69) is 11.1 Å². The normalized spacial score (nSPS) is 11.6. The minimum Gasteiger partial charge on any atom is -0.508 e. The molecule has 0 saturated carbocycles. The molecule has 0 fully saturated rings. The number of aromatic hydroxyl groups is 1. The van der Waals surface area contributed by atoms with Crippen LogP contribution in [0.4, 0.5) is 0 Å². The number of nitriles is 1. The van der Waals surface area contributed by atoms with Gasteiger partial charge in [0.05, 0.1) is 11.3 Å². The molecule has 1 aromatic carbocycles. The van der Waals surface area contributed by atoms with Gasteiger partial charge in [0.25, 0.3) is 0 Å². The summed E-state index contributed by atoms with van der Waals surface area (Å²) >= 11 is 0. The largest absolute Gasteiger partial charge is 0.508 e. The SMILES string of the molecule is C/C=C(\C)c1c(C#N)c2cccnc2n1-c1ccc(O)cc1. The quantitative estimate of drug-likeness (QED) is 0.774. The Kier molecular flexibility index (Phi) is 3.40. The van der Waals surface area contributed by atoms with Crippen LogP contribution in [0.25, 0.3) is 22.3 Å². The minimum atomic E-state index is 0.206. The monoisotopic (exact) mass is 289 g/mol. The van der Waals surface area contributed by atoms with Crippen molar-refractivity contribution >= 4 is 16.6 Å². The number of rotatable bonds is 2. The van der Waals surface area contributed by atoms with Gasteiger partial charge in [-0.15, -0.1) is 0 Å². The predicted octanol–water partition coefficient (Wildman–Crippen LogP) is 4.03. The number of nitrogens with zero attached hydrogens (tertiary/aromatic N) is 3. The highest BCUT2D eigenvalue weighted by Gasteiger charge is 2.19. The number of aromatic nitrogens is 2. The average molecular weight is 289 g/mol. The van der Waals surface area contributed by atoms with Crippen LogP contribution in [0.3, 0.4) is 0 Å². The summed E-state index contributed by atoms with van der Waals surface area (Å²) in [5.41, 5.74) is 4.05. The van der Waals surface area contributed by atoms with E-state index >= 15 is 0 Å². The molecule has 108 valence electrons. The smallest absolute Gasteiger partial charge is 0.146 e. The van der Waals surface area contributed by atoms with Crippen molar-refractivity contribution in [3.63, 3.8) is 0 Å². The molecule has 3 aromatic rings. The Morgan fingerprint density at radius 3 is 2.64 bits per heavy atom. The molecular formula is C18H15N3O. The van der Waals surface area contributed by atoms with E-state index in [9.17, 15) is 10.4 Å². The lowest BCUT2D eigenvalue weighted by molar-refractivity contribution is 0.475. The third-order valence-electron chi connectivity index (χ3n) is 3.75. The molecule has 0 radical (unpaired) electrons. The molecule has 1 N–H and O–H groups in total. The molecule has 2 heterocycles. The van der Waals surface area contributed by atoms with Crippen LogP contribution in [0.5, 0.6) is 5.75 Å². The zero-order valence-electron chi connectivity index (χ0n) is 12.4. The first-order valence-electron chi connectivity index (χ1n) is 6.99. The van der Waals surface area contributed by atoms with E-state index in [1.54, 1.807) is 18.3 Å². The fourth-order valence-corrected chi connectivity index (χ4v) is 2.59. The van der Waals surface area contributed by atoms with Crippen LogP contribution in [-0.2, 0) is 0 Å². The summed E-state index contributed by atoms with van der Waals surface area (Å²) in [5, 5.41) is 19.9. The van der Waals surface area contributed by atoms with E-state index in [1.165, 1.54) is 0 Å². The van der Waals surface area contributed by atoms with Gasteiger partial charge in [-0.25, -0.2) is 4.98 Å². The van der Waals surface area contributed by atoms with E-state index in [-0.39, 0.29) is 5.75 Å². The summed E-state index contributed by atoms with van der Waals surface area (Å²) in [4.78, 5) is 4.45. The van der Waals surface area contributed by atoms with Gasteiger partial charge >= 0.3 is 0 Å². The van der Waals surface area contributed by atoms with Crippen LogP contribution in [0.2, 0.25) is 0 Å². The second-order valence-corrected chi connectivity index (χ2v) is 5.03. The number of phenols is 1. The number of hydrogen-bond acceptors (Lipinski definition) is 3. The van der Waals surface area contributed by atoms with E-state index < -0.39 is 0 Å². The summed E-state index contributed by atoms with van der Waals surface area (Å²) in [6.07, 6.45) is 3.70. The van der Waals surface area contributed by atoms with Crippen LogP contribution < -0.4 is 0 Å². The van der Waals surface area contributed by atoms with E-state index in [4.69, 9.17) is 0 Å². The molecule has 4 heteroatoms. The standard InChI is InChI=1S/C18H15N3O/c1-3-12(2)17-16(11-19)15-5-4-10-20-18(15)21(17)13-6-8-14(22)9-7-13/h3-10,22H,1-2H3/b12-3+. The Labute approximate surface area is 128 Å². The van der Waals surface area contributed by atoms with Gasteiger partial charge < -0.3 is 5.11 Å². The first-order valence-corrected chi connectivity index (χ1v) is 6.99. The summed E-state index contributed by atoms with van der Waals surface area (Å²) in [6, 6.07) is 12.9. The molecule has 3 rings (SSSR count). The maximum absolute atomic E-state index is 9.61. The number of hydrogen-bond donors (Lipinski definition) is 1. The van der Waals surface area contributed by atoms with Crippen molar-refractivity contribution in [2.24, 2.45) is 0 Å². The zero-order chi connectivity index (χ0) is 15.7. The molecule has 4 nitrogen and oxygen atoms in total. The maximum atomic E-state index is 9.61. The van der Waals surface area contributed by atoms with Gasteiger partial charge in [-0.2, -0.15) is 5.26 Å². The second kappa shape index (κ2) is 5.38. The molecular weight excluding hydrogens is 274 g/mol. The topological polar surface area (TPSA) is 61.8 Å². The van der Waals surface area contributed by atoms with E-state index in [0.29, 0.717) is 5.56 Å². The summed E-state index contributed by atoms with van der Waals surface area (Å²) in [7, 11) is 0.